The number of amides is 1. The molecule has 1 aliphatic heterocycles. The van der Waals surface area contributed by atoms with Crippen LogP contribution in [0.5, 0.6) is 5.75 Å². The van der Waals surface area contributed by atoms with Crippen molar-refractivity contribution in [1.82, 2.24) is 4.90 Å². The van der Waals surface area contributed by atoms with E-state index in [1.54, 1.807) is 0 Å². The molecular weight excluding hydrogens is 288 g/mol. The van der Waals surface area contributed by atoms with Crippen LogP contribution in [0.15, 0.2) is 24.3 Å². The van der Waals surface area contributed by atoms with Crippen molar-refractivity contribution in [3.8, 4) is 5.75 Å². The molecule has 8 heteroatoms. The number of β-amino-alcohol motifs (C(OH)–C–C–N with tert-alkyl or cyclic N) is 1. The van der Waals surface area contributed by atoms with Gasteiger partial charge >= 0.3 is 12.6 Å². The van der Waals surface area contributed by atoms with E-state index in [0.717, 1.165) is 4.90 Å². The Kier molecular flexibility index (Phi) is 4.37. The first kappa shape index (κ1) is 15.2. The summed E-state index contributed by atoms with van der Waals surface area (Å²) in [7, 11) is 0. The summed E-state index contributed by atoms with van der Waals surface area (Å²) in [5, 5.41) is 18.5. The number of nitrogens with zero attached hydrogens (tertiary/aromatic N) is 1. The van der Waals surface area contributed by atoms with E-state index in [4.69, 9.17) is 5.11 Å². The van der Waals surface area contributed by atoms with Crippen molar-refractivity contribution < 1.29 is 33.3 Å². The highest BCUT2D eigenvalue weighted by Crippen LogP contribution is 2.22. The normalized spacial score (nSPS) is 21.6. The zero-order valence-electron chi connectivity index (χ0n) is 10.8. The summed E-state index contributed by atoms with van der Waals surface area (Å²) in [4.78, 5) is 24.3. The number of benzene rings is 1. The van der Waals surface area contributed by atoms with Crippen LogP contribution in [0.25, 0.3) is 0 Å². The molecule has 6 nitrogen and oxygen atoms in total. The number of hydrogen-bond acceptors (Lipinski definition) is 4. The number of aliphatic hydroxyl groups excluding tert-OH is 1. The van der Waals surface area contributed by atoms with Crippen LogP contribution >= 0.6 is 0 Å². The van der Waals surface area contributed by atoms with Crippen LogP contribution in [-0.4, -0.2) is 52.3 Å². The second kappa shape index (κ2) is 6.04. The summed E-state index contributed by atoms with van der Waals surface area (Å²) in [5.74, 6) is -1.88. The van der Waals surface area contributed by atoms with Gasteiger partial charge in [0.15, 0.2) is 0 Å². The lowest BCUT2D eigenvalue weighted by atomic mass is 10.1. The predicted octanol–water partition coefficient (Wildman–Crippen LogP) is 0.948. The lowest BCUT2D eigenvalue weighted by Gasteiger charge is -2.21. The van der Waals surface area contributed by atoms with Gasteiger partial charge in [0.2, 0.25) is 0 Å². The molecule has 1 aromatic carbocycles. The first-order valence-corrected chi connectivity index (χ1v) is 6.15. The third-order valence-electron chi connectivity index (χ3n) is 3.15. The number of aliphatic hydroxyl groups is 1. The van der Waals surface area contributed by atoms with Crippen LogP contribution in [0.3, 0.4) is 0 Å². The SMILES string of the molecule is O=C(O)[C@@H]1C[C@@H](O)CN1C(=O)c1ccc(OC(F)F)cc1. The van der Waals surface area contributed by atoms with E-state index < -0.39 is 30.6 Å². The Morgan fingerprint density at radius 2 is 1.90 bits per heavy atom. The van der Waals surface area contributed by atoms with Gasteiger partial charge in [0.25, 0.3) is 5.91 Å². The van der Waals surface area contributed by atoms with Crippen LogP contribution in [-0.2, 0) is 4.79 Å². The maximum absolute atomic E-state index is 12.2. The van der Waals surface area contributed by atoms with Gasteiger partial charge in [0.05, 0.1) is 6.10 Å². The Balaban J connectivity index is 2.14. The van der Waals surface area contributed by atoms with Gasteiger partial charge in [-0.05, 0) is 24.3 Å². The molecule has 0 aromatic heterocycles. The number of rotatable bonds is 4. The molecule has 0 bridgehead atoms. The van der Waals surface area contributed by atoms with Gasteiger partial charge in [-0.1, -0.05) is 0 Å². The quantitative estimate of drug-likeness (QED) is 0.864. The standard InChI is InChI=1S/C13H13F2NO5/c14-13(15)21-9-3-1-7(2-4-9)11(18)16-6-8(17)5-10(16)12(19)20/h1-4,8,10,13,17H,5-6H2,(H,19,20)/t8-,10+/m1/s1. The Bertz CT molecular complexity index is 534. The predicted molar refractivity (Wildman–Crippen MR) is 66.2 cm³/mol. The average molecular weight is 301 g/mol. The van der Waals surface area contributed by atoms with Crippen molar-refractivity contribution in [1.29, 1.82) is 0 Å². The first-order chi connectivity index (χ1) is 9.88. The molecule has 2 rings (SSSR count). The average Bonchev–Trinajstić information content (AvgIpc) is 2.80. The number of likely N-dealkylation sites (tertiary alicyclic amines) is 1. The lowest BCUT2D eigenvalue weighted by Crippen LogP contribution is -2.40. The second-order valence-electron chi connectivity index (χ2n) is 4.60. The van der Waals surface area contributed by atoms with E-state index in [0.29, 0.717) is 0 Å². The highest BCUT2D eigenvalue weighted by atomic mass is 19.3. The summed E-state index contributed by atoms with van der Waals surface area (Å²) in [6.45, 7) is -3.04. The Morgan fingerprint density at radius 3 is 2.43 bits per heavy atom. The second-order valence-corrected chi connectivity index (χ2v) is 4.60. The zero-order valence-corrected chi connectivity index (χ0v) is 10.8. The van der Waals surface area contributed by atoms with E-state index >= 15 is 0 Å². The van der Waals surface area contributed by atoms with Crippen molar-refractivity contribution in [2.24, 2.45) is 0 Å². The molecule has 21 heavy (non-hydrogen) atoms. The smallest absolute Gasteiger partial charge is 0.387 e. The number of halogens is 2. The molecule has 0 saturated carbocycles. The molecule has 0 radical (unpaired) electrons. The van der Waals surface area contributed by atoms with E-state index in [2.05, 4.69) is 4.74 Å². The van der Waals surface area contributed by atoms with E-state index in [1.165, 1.54) is 24.3 Å². The number of carboxylic acid groups (broad SMARTS) is 1. The third-order valence-corrected chi connectivity index (χ3v) is 3.15. The molecule has 1 aliphatic rings. The Hall–Kier alpha value is -2.22. The summed E-state index contributed by atoms with van der Waals surface area (Å²) >= 11 is 0. The first-order valence-electron chi connectivity index (χ1n) is 6.15. The van der Waals surface area contributed by atoms with Crippen LogP contribution in [0.1, 0.15) is 16.8 Å². The van der Waals surface area contributed by atoms with Gasteiger partial charge < -0.3 is 19.8 Å². The molecule has 0 unspecified atom stereocenters. The van der Waals surface area contributed by atoms with Gasteiger partial charge in [0, 0.05) is 18.5 Å². The summed E-state index contributed by atoms with van der Waals surface area (Å²) < 4.78 is 28.2. The van der Waals surface area contributed by atoms with Crippen molar-refractivity contribution in [2.75, 3.05) is 6.54 Å². The molecule has 1 fully saturated rings. The number of carboxylic acids is 1. The number of hydrogen-bond donors (Lipinski definition) is 2. The molecule has 1 saturated heterocycles. The van der Waals surface area contributed by atoms with E-state index in [1.807, 2.05) is 0 Å². The van der Waals surface area contributed by atoms with Gasteiger partial charge in [0.1, 0.15) is 11.8 Å². The number of carbonyl (C=O) groups excluding carboxylic acids is 1. The van der Waals surface area contributed by atoms with Gasteiger partial charge in [-0.15, -0.1) is 0 Å². The van der Waals surface area contributed by atoms with Gasteiger partial charge in [-0.25, -0.2) is 4.79 Å². The van der Waals surface area contributed by atoms with Crippen LogP contribution in [0.4, 0.5) is 8.78 Å². The monoisotopic (exact) mass is 301 g/mol. The van der Waals surface area contributed by atoms with E-state index in [-0.39, 0.29) is 24.3 Å². The topological polar surface area (TPSA) is 87.1 Å². The molecule has 0 spiro atoms. The maximum Gasteiger partial charge on any atom is 0.387 e. The van der Waals surface area contributed by atoms with Crippen LogP contribution in [0.2, 0.25) is 0 Å². The van der Waals surface area contributed by atoms with Crippen molar-refractivity contribution in [3.63, 3.8) is 0 Å². The minimum absolute atomic E-state index is 0.0341. The summed E-state index contributed by atoms with van der Waals surface area (Å²) in [6.07, 6.45) is -0.926. The zero-order chi connectivity index (χ0) is 15.6. The molecule has 2 atom stereocenters. The maximum atomic E-state index is 12.2. The minimum Gasteiger partial charge on any atom is -0.480 e. The molecule has 1 aromatic rings. The van der Waals surface area contributed by atoms with Crippen molar-refractivity contribution >= 4 is 11.9 Å². The van der Waals surface area contributed by atoms with Crippen LogP contribution < -0.4 is 4.74 Å². The number of aliphatic carboxylic acids is 1. The largest absolute Gasteiger partial charge is 0.480 e. The fourth-order valence-corrected chi connectivity index (χ4v) is 2.22. The number of carbonyl (C=O) groups is 2. The minimum atomic E-state index is -2.96. The molecule has 2 N–H and O–H groups in total. The Labute approximate surface area is 118 Å². The lowest BCUT2D eigenvalue weighted by molar-refractivity contribution is -0.141. The molecule has 0 aliphatic carbocycles. The molecule has 1 amide bonds. The highest BCUT2D eigenvalue weighted by molar-refractivity contribution is 5.97. The molecule has 1 heterocycles. The summed E-state index contributed by atoms with van der Waals surface area (Å²) in [6, 6.07) is 3.83. The highest BCUT2D eigenvalue weighted by Gasteiger charge is 2.39. The van der Waals surface area contributed by atoms with E-state index in [9.17, 15) is 23.5 Å². The molecular formula is C13H13F2NO5. The third kappa shape index (κ3) is 3.46. The fourth-order valence-electron chi connectivity index (χ4n) is 2.22. The Morgan fingerprint density at radius 1 is 1.29 bits per heavy atom. The van der Waals surface area contributed by atoms with Gasteiger partial charge in [-0.2, -0.15) is 8.78 Å². The number of ether oxygens (including phenoxy) is 1. The number of alkyl halides is 2. The van der Waals surface area contributed by atoms with Crippen LogP contribution in [0, 0.1) is 0 Å². The van der Waals surface area contributed by atoms with Crippen molar-refractivity contribution in [3.05, 3.63) is 29.8 Å². The summed E-state index contributed by atoms with van der Waals surface area (Å²) in [5.41, 5.74) is 0.136. The van der Waals surface area contributed by atoms with Gasteiger partial charge in [-0.3, -0.25) is 4.79 Å². The van der Waals surface area contributed by atoms with Crippen molar-refractivity contribution in [2.45, 2.75) is 25.2 Å². The fraction of sp³-hybridized carbons (Fsp3) is 0.385. The molecule has 114 valence electrons.